The number of rotatable bonds is 7. The number of nitrogens with zero attached hydrogens (tertiary/aromatic N) is 3. The Morgan fingerprint density at radius 1 is 1.32 bits per heavy atom. The summed E-state index contributed by atoms with van der Waals surface area (Å²) in [6.45, 7) is 5.18. The van der Waals surface area contributed by atoms with E-state index in [1.165, 1.54) is 6.07 Å². The number of esters is 1. The summed E-state index contributed by atoms with van der Waals surface area (Å²) in [5.41, 5.74) is 1.29. The first-order valence-corrected chi connectivity index (χ1v) is 11.4. The molecule has 4 rings (SSSR count). The van der Waals surface area contributed by atoms with Crippen LogP contribution in [0.5, 0.6) is 0 Å². The third kappa shape index (κ3) is 5.15. The molecular formula is C24H32FN3O3. The number of aromatic nitrogens is 2. The van der Waals surface area contributed by atoms with Gasteiger partial charge in [-0.3, -0.25) is 9.69 Å². The Morgan fingerprint density at radius 3 is 2.84 bits per heavy atom. The summed E-state index contributed by atoms with van der Waals surface area (Å²) in [5.74, 6) is -0.343. The molecule has 0 saturated carbocycles. The number of likely N-dealkylation sites (tertiary alicyclic amines) is 1. The van der Waals surface area contributed by atoms with Crippen molar-refractivity contribution in [2.75, 3.05) is 26.3 Å². The minimum atomic E-state index is -0.485. The van der Waals surface area contributed by atoms with Gasteiger partial charge in [-0.25, -0.2) is 9.07 Å². The maximum atomic E-state index is 14.0. The molecular weight excluding hydrogens is 397 g/mol. The summed E-state index contributed by atoms with van der Waals surface area (Å²) in [7, 11) is 0. The molecule has 2 saturated heterocycles. The molecule has 6 nitrogen and oxygen atoms in total. The van der Waals surface area contributed by atoms with E-state index in [9.17, 15) is 9.18 Å². The molecule has 0 unspecified atom stereocenters. The van der Waals surface area contributed by atoms with Gasteiger partial charge in [0.2, 0.25) is 0 Å². The van der Waals surface area contributed by atoms with Gasteiger partial charge in [-0.1, -0.05) is 0 Å². The second-order valence-electron chi connectivity index (χ2n) is 8.69. The maximum Gasteiger partial charge on any atom is 0.312 e. The van der Waals surface area contributed by atoms with Crippen LogP contribution in [0.1, 0.15) is 51.0 Å². The number of hydrogen-bond donors (Lipinski definition) is 0. The van der Waals surface area contributed by atoms with Crippen molar-refractivity contribution in [2.45, 2.75) is 58.1 Å². The smallest absolute Gasteiger partial charge is 0.312 e. The normalized spacial score (nSPS) is 21.7. The standard InChI is InChI=1S/C24H32FN3O3/c1-2-30-23(29)24(17-21-6-3-4-15-31-21)9-13-27(14-10-24)18-19-16-20(25)7-8-22(19)28-12-5-11-26-28/h5,7-8,11-12,16,21H,2-4,6,9-10,13-15,17-18H2,1H3/t21-/m0/s1. The first kappa shape index (κ1) is 22.0. The van der Waals surface area contributed by atoms with Crippen LogP contribution >= 0.6 is 0 Å². The van der Waals surface area contributed by atoms with Gasteiger partial charge in [-0.2, -0.15) is 5.10 Å². The highest BCUT2D eigenvalue weighted by atomic mass is 19.1. The molecule has 31 heavy (non-hydrogen) atoms. The Labute approximate surface area is 183 Å². The molecule has 2 aliphatic heterocycles. The van der Waals surface area contributed by atoms with Crippen molar-refractivity contribution in [3.63, 3.8) is 0 Å². The molecule has 0 bridgehead atoms. The van der Waals surface area contributed by atoms with Gasteiger partial charge in [0.1, 0.15) is 5.82 Å². The van der Waals surface area contributed by atoms with Crippen LogP contribution in [0.3, 0.4) is 0 Å². The van der Waals surface area contributed by atoms with E-state index in [1.54, 1.807) is 23.0 Å². The van der Waals surface area contributed by atoms with E-state index in [2.05, 4.69) is 10.00 Å². The third-order valence-electron chi connectivity index (χ3n) is 6.60. The largest absolute Gasteiger partial charge is 0.466 e. The fourth-order valence-electron chi connectivity index (χ4n) is 4.88. The van der Waals surface area contributed by atoms with Gasteiger partial charge in [0, 0.05) is 25.5 Å². The summed E-state index contributed by atoms with van der Waals surface area (Å²) in [5, 5.41) is 4.30. The summed E-state index contributed by atoms with van der Waals surface area (Å²) in [6, 6.07) is 6.67. The Kier molecular flexibility index (Phi) is 7.02. The second-order valence-corrected chi connectivity index (χ2v) is 8.69. The second kappa shape index (κ2) is 9.92. The zero-order valence-electron chi connectivity index (χ0n) is 18.3. The SMILES string of the molecule is CCOC(=O)C1(C[C@@H]2CCCCO2)CCN(Cc2cc(F)ccc2-n2cccn2)CC1. The van der Waals surface area contributed by atoms with E-state index >= 15 is 0 Å². The minimum absolute atomic E-state index is 0.0909. The van der Waals surface area contributed by atoms with Crippen molar-refractivity contribution in [1.29, 1.82) is 0 Å². The predicted molar refractivity (Wildman–Crippen MR) is 115 cm³/mol. The minimum Gasteiger partial charge on any atom is -0.466 e. The highest BCUT2D eigenvalue weighted by molar-refractivity contribution is 5.77. The number of piperidine rings is 1. The van der Waals surface area contributed by atoms with Gasteiger partial charge in [0.05, 0.1) is 23.8 Å². The van der Waals surface area contributed by atoms with Crippen molar-refractivity contribution in [3.8, 4) is 5.69 Å². The number of hydrogen-bond acceptors (Lipinski definition) is 5. The number of benzene rings is 1. The Morgan fingerprint density at radius 2 is 2.16 bits per heavy atom. The molecule has 7 heteroatoms. The predicted octanol–water partition coefficient (Wildman–Crippen LogP) is 4.12. The summed E-state index contributed by atoms with van der Waals surface area (Å²) in [6.07, 6.45) is 9.20. The fourth-order valence-corrected chi connectivity index (χ4v) is 4.88. The average Bonchev–Trinajstić information content (AvgIpc) is 3.31. The van der Waals surface area contributed by atoms with E-state index in [4.69, 9.17) is 9.47 Å². The van der Waals surface area contributed by atoms with Crippen LogP contribution in [-0.4, -0.2) is 53.1 Å². The number of halogens is 1. The van der Waals surface area contributed by atoms with Gasteiger partial charge in [0.15, 0.2) is 0 Å². The van der Waals surface area contributed by atoms with Crippen molar-refractivity contribution in [3.05, 3.63) is 48.0 Å². The molecule has 1 aromatic carbocycles. The van der Waals surface area contributed by atoms with Crippen molar-refractivity contribution >= 4 is 5.97 Å². The Balaban J connectivity index is 1.46. The lowest BCUT2D eigenvalue weighted by Crippen LogP contribution is -2.47. The third-order valence-corrected chi connectivity index (χ3v) is 6.60. The molecule has 3 heterocycles. The lowest BCUT2D eigenvalue weighted by Gasteiger charge is -2.42. The Hall–Kier alpha value is -2.25. The first-order valence-electron chi connectivity index (χ1n) is 11.4. The molecule has 2 aliphatic rings. The van der Waals surface area contributed by atoms with Crippen LogP contribution in [0.2, 0.25) is 0 Å². The lowest BCUT2D eigenvalue weighted by molar-refractivity contribution is -0.162. The maximum absolute atomic E-state index is 14.0. The van der Waals surface area contributed by atoms with Crippen LogP contribution in [0.25, 0.3) is 5.69 Å². The quantitative estimate of drug-likeness (QED) is 0.620. The van der Waals surface area contributed by atoms with E-state index in [0.717, 1.165) is 69.5 Å². The zero-order valence-corrected chi connectivity index (χ0v) is 18.3. The summed E-state index contributed by atoms with van der Waals surface area (Å²) in [4.78, 5) is 15.2. The van der Waals surface area contributed by atoms with Gasteiger partial charge in [0.25, 0.3) is 0 Å². The molecule has 1 atom stereocenters. The lowest BCUT2D eigenvalue weighted by atomic mass is 9.73. The molecule has 2 aromatic rings. The summed E-state index contributed by atoms with van der Waals surface area (Å²) >= 11 is 0. The van der Waals surface area contributed by atoms with Crippen molar-refractivity contribution in [2.24, 2.45) is 5.41 Å². The highest BCUT2D eigenvalue weighted by Gasteiger charge is 2.44. The molecule has 168 valence electrons. The van der Waals surface area contributed by atoms with E-state index in [1.807, 2.05) is 19.2 Å². The van der Waals surface area contributed by atoms with Crippen LogP contribution in [0, 0.1) is 11.2 Å². The van der Waals surface area contributed by atoms with E-state index in [0.29, 0.717) is 13.2 Å². The molecule has 1 aromatic heterocycles. The molecule has 0 radical (unpaired) electrons. The van der Waals surface area contributed by atoms with Gasteiger partial charge in [-0.05, 0) is 88.4 Å². The van der Waals surface area contributed by atoms with Gasteiger partial charge >= 0.3 is 5.97 Å². The monoisotopic (exact) mass is 429 g/mol. The van der Waals surface area contributed by atoms with Gasteiger partial charge in [-0.15, -0.1) is 0 Å². The van der Waals surface area contributed by atoms with Crippen LogP contribution in [0.4, 0.5) is 4.39 Å². The average molecular weight is 430 g/mol. The van der Waals surface area contributed by atoms with E-state index in [-0.39, 0.29) is 17.9 Å². The fraction of sp³-hybridized carbons (Fsp3) is 0.583. The molecule has 0 amide bonds. The molecule has 0 spiro atoms. The van der Waals surface area contributed by atoms with Crippen LogP contribution in [-0.2, 0) is 20.8 Å². The summed E-state index contributed by atoms with van der Waals surface area (Å²) < 4.78 is 27.2. The Bertz CT molecular complexity index is 857. The molecule has 0 aliphatic carbocycles. The molecule has 2 fully saturated rings. The van der Waals surface area contributed by atoms with Crippen molar-refractivity contribution in [1.82, 2.24) is 14.7 Å². The van der Waals surface area contributed by atoms with Crippen molar-refractivity contribution < 1.29 is 18.7 Å². The number of carbonyl (C=O) groups is 1. The topological polar surface area (TPSA) is 56.6 Å². The first-order chi connectivity index (χ1) is 15.1. The van der Waals surface area contributed by atoms with Gasteiger partial charge < -0.3 is 9.47 Å². The zero-order chi connectivity index (χ0) is 21.7. The van der Waals surface area contributed by atoms with Crippen LogP contribution in [0.15, 0.2) is 36.7 Å². The highest BCUT2D eigenvalue weighted by Crippen LogP contribution is 2.40. The molecule has 0 N–H and O–H groups in total. The van der Waals surface area contributed by atoms with E-state index < -0.39 is 5.41 Å². The number of ether oxygens (including phenoxy) is 2. The number of carbonyl (C=O) groups excluding carboxylic acids is 1. The van der Waals surface area contributed by atoms with Crippen LogP contribution < -0.4 is 0 Å².